The summed E-state index contributed by atoms with van der Waals surface area (Å²) in [4.78, 5) is 11.9. The Morgan fingerprint density at radius 3 is 2.27 bits per heavy atom. The smallest absolute Gasteiger partial charge is 0.310 e. The zero-order valence-corrected chi connectivity index (χ0v) is 16.7. The Morgan fingerprint density at radius 2 is 1.73 bits per heavy atom. The summed E-state index contributed by atoms with van der Waals surface area (Å²) in [5.74, 6) is -0.869. The van der Waals surface area contributed by atoms with Crippen molar-refractivity contribution in [1.82, 2.24) is 8.61 Å². The molecule has 1 atom stereocenters. The fourth-order valence-corrected chi connectivity index (χ4v) is 5.18. The molecular formula is C16H24N2O6S2. The molecule has 0 bridgehead atoms. The molecule has 0 spiro atoms. The van der Waals surface area contributed by atoms with Crippen LogP contribution < -0.4 is 0 Å². The van der Waals surface area contributed by atoms with Crippen LogP contribution in [0.3, 0.4) is 0 Å². The van der Waals surface area contributed by atoms with E-state index in [1.54, 1.807) is 6.92 Å². The molecule has 0 aromatic heterocycles. The lowest BCUT2D eigenvalue weighted by atomic mass is 10.0. The highest BCUT2D eigenvalue weighted by molar-refractivity contribution is 7.89. The number of hydrogen-bond acceptors (Lipinski definition) is 6. The van der Waals surface area contributed by atoms with E-state index in [4.69, 9.17) is 4.74 Å². The van der Waals surface area contributed by atoms with Crippen LogP contribution in [-0.4, -0.2) is 65.2 Å². The standard InChI is InChI=1S/C16H24N2O6S2/c1-4-24-16(19)13-6-5-11-18(12-13)26(22,23)15-9-7-14(8-10-15)25(20,21)17(2)3/h7-10,13H,4-6,11-12H2,1-3H3/t13-/m1/s1. The summed E-state index contributed by atoms with van der Waals surface area (Å²) in [6, 6.07) is 5.10. The Bertz CT molecular complexity index is 847. The predicted molar refractivity (Wildman–Crippen MR) is 95.4 cm³/mol. The molecule has 1 heterocycles. The van der Waals surface area contributed by atoms with Crippen molar-refractivity contribution in [2.24, 2.45) is 5.92 Å². The number of ether oxygens (including phenoxy) is 1. The fraction of sp³-hybridized carbons (Fsp3) is 0.562. The average Bonchev–Trinajstić information content (AvgIpc) is 2.62. The first kappa shape index (κ1) is 20.8. The molecule has 1 aromatic carbocycles. The summed E-state index contributed by atoms with van der Waals surface area (Å²) in [7, 11) is -4.62. The molecule has 8 nitrogen and oxygen atoms in total. The quantitative estimate of drug-likeness (QED) is 0.653. The number of carbonyl (C=O) groups excluding carboxylic acids is 1. The summed E-state index contributed by atoms with van der Waals surface area (Å²) in [6.07, 6.45) is 1.15. The van der Waals surface area contributed by atoms with Gasteiger partial charge in [-0.1, -0.05) is 0 Å². The molecule has 0 unspecified atom stereocenters. The highest BCUT2D eigenvalue weighted by Gasteiger charge is 2.34. The third kappa shape index (κ3) is 4.25. The van der Waals surface area contributed by atoms with Crippen LogP contribution in [0.1, 0.15) is 19.8 Å². The lowest BCUT2D eigenvalue weighted by Gasteiger charge is -2.30. The van der Waals surface area contributed by atoms with Gasteiger partial charge >= 0.3 is 5.97 Å². The molecule has 26 heavy (non-hydrogen) atoms. The van der Waals surface area contributed by atoms with Crippen molar-refractivity contribution in [2.45, 2.75) is 29.6 Å². The van der Waals surface area contributed by atoms with E-state index in [9.17, 15) is 21.6 Å². The third-order valence-electron chi connectivity index (χ3n) is 4.24. The maximum atomic E-state index is 12.8. The molecule has 1 aliphatic heterocycles. The Kier molecular flexibility index (Phi) is 6.43. The molecule has 10 heteroatoms. The number of sulfonamides is 2. The topological polar surface area (TPSA) is 101 Å². The van der Waals surface area contributed by atoms with Gasteiger partial charge in [0.15, 0.2) is 0 Å². The maximum Gasteiger partial charge on any atom is 0.310 e. The number of piperidine rings is 1. The van der Waals surface area contributed by atoms with E-state index in [1.165, 1.54) is 42.7 Å². The van der Waals surface area contributed by atoms with Gasteiger partial charge in [-0.05, 0) is 44.0 Å². The minimum Gasteiger partial charge on any atom is -0.466 e. The van der Waals surface area contributed by atoms with Gasteiger partial charge in [0.25, 0.3) is 0 Å². The molecule has 0 aliphatic carbocycles. The zero-order valence-electron chi connectivity index (χ0n) is 15.1. The Hall–Kier alpha value is -1.49. The van der Waals surface area contributed by atoms with Gasteiger partial charge in [-0.2, -0.15) is 4.31 Å². The van der Waals surface area contributed by atoms with Crippen LogP contribution in [0.5, 0.6) is 0 Å². The number of hydrogen-bond donors (Lipinski definition) is 0. The van der Waals surface area contributed by atoms with Crippen molar-refractivity contribution in [3.05, 3.63) is 24.3 Å². The minimum absolute atomic E-state index is 0.000264. The van der Waals surface area contributed by atoms with E-state index in [0.717, 1.165) is 4.31 Å². The SMILES string of the molecule is CCOC(=O)[C@@H]1CCCN(S(=O)(=O)c2ccc(S(=O)(=O)N(C)C)cc2)C1. The normalized spacial score (nSPS) is 19.5. The maximum absolute atomic E-state index is 12.8. The lowest BCUT2D eigenvalue weighted by Crippen LogP contribution is -2.42. The number of rotatable bonds is 6. The molecular weight excluding hydrogens is 380 g/mol. The monoisotopic (exact) mass is 404 g/mol. The van der Waals surface area contributed by atoms with E-state index in [0.29, 0.717) is 19.4 Å². The second-order valence-electron chi connectivity index (χ2n) is 6.21. The van der Waals surface area contributed by atoms with E-state index in [2.05, 4.69) is 0 Å². The van der Waals surface area contributed by atoms with Gasteiger partial charge in [-0.15, -0.1) is 0 Å². The Labute approximate surface area is 154 Å². The van der Waals surface area contributed by atoms with Crippen molar-refractivity contribution in [3.63, 3.8) is 0 Å². The second-order valence-corrected chi connectivity index (χ2v) is 10.3. The Balaban J connectivity index is 2.23. The van der Waals surface area contributed by atoms with Gasteiger partial charge in [0, 0.05) is 27.2 Å². The van der Waals surface area contributed by atoms with Gasteiger partial charge in [0.1, 0.15) is 0 Å². The van der Waals surface area contributed by atoms with Crippen molar-refractivity contribution < 1.29 is 26.4 Å². The van der Waals surface area contributed by atoms with Gasteiger partial charge in [-0.25, -0.2) is 21.1 Å². The molecule has 0 radical (unpaired) electrons. The van der Waals surface area contributed by atoms with Crippen molar-refractivity contribution >= 4 is 26.0 Å². The van der Waals surface area contributed by atoms with Gasteiger partial charge in [0.05, 0.1) is 22.3 Å². The van der Waals surface area contributed by atoms with E-state index < -0.39 is 26.0 Å². The molecule has 1 aromatic rings. The molecule has 1 aliphatic rings. The molecule has 0 saturated carbocycles. The molecule has 1 saturated heterocycles. The van der Waals surface area contributed by atoms with E-state index >= 15 is 0 Å². The summed E-state index contributed by atoms with van der Waals surface area (Å²) < 4.78 is 57.1. The average molecular weight is 405 g/mol. The summed E-state index contributed by atoms with van der Waals surface area (Å²) in [5, 5.41) is 0. The van der Waals surface area contributed by atoms with Crippen LogP contribution in [0.2, 0.25) is 0 Å². The summed E-state index contributed by atoms with van der Waals surface area (Å²) in [6.45, 7) is 2.34. The summed E-state index contributed by atoms with van der Waals surface area (Å²) >= 11 is 0. The number of nitrogens with zero attached hydrogens (tertiary/aromatic N) is 2. The first-order chi connectivity index (χ1) is 12.1. The first-order valence-corrected chi connectivity index (χ1v) is 11.2. The van der Waals surface area contributed by atoms with Crippen molar-refractivity contribution in [2.75, 3.05) is 33.8 Å². The summed E-state index contributed by atoms with van der Waals surface area (Å²) in [5.41, 5.74) is 0. The highest BCUT2D eigenvalue weighted by atomic mass is 32.2. The van der Waals surface area contributed by atoms with Crippen LogP contribution in [0.25, 0.3) is 0 Å². The van der Waals surface area contributed by atoms with Crippen LogP contribution in [-0.2, 0) is 29.6 Å². The van der Waals surface area contributed by atoms with Crippen LogP contribution >= 0.6 is 0 Å². The largest absolute Gasteiger partial charge is 0.466 e. The van der Waals surface area contributed by atoms with Gasteiger partial charge < -0.3 is 4.74 Å². The van der Waals surface area contributed by atoms with Gasteiger partial charge in [-0.3, -0.25) is 4.79 Å². The van der Waals surface area contributed by atoms with Crippen LogP contribution in [0, 0.1) is 5.92 Å². The zero-order chi connectivity index (χ0) is 19.5. The second kappa shape index (κ2) is 8.03. The Morgan fingerprint density at radius 1 is 1.15 bits per heavy atom. The van der Waals surface area contributed by atoms with E-state index in [-0.39, 0.29) is 28.9 Å². The molecule has 2 rings (SSSR count). The number of esters is 1. The molecule has 146 valence electrons. The van der Waals surface area contributed by atoms with Crippen molar-refractivity contribution in [1.29, 1.82) is 0 Å². The van der Waals surface area contributed by atoms with Crippen LogP contribution in [0.15, 0.2) is 34.1 Å². The highest BCUT2D eigenvalue weighted by Crippen LogP contribution is 2.25. The first-order valence-electron chi connectivity index (χ1n) is 8.30. The van der Waals surface area contributed by atoms with Crippen LogP contribution in [0.4, 0.5) is 0 Å². The fourth-order valence-electron chi connectivity index (χ4n) is 2.76. The molecule has 0 N–H and O–H groups in total. The number of carbonyl (C=O) groups is 1. The molecule has 0 amide bonds. The van der Waals surface area contributed by atoms with Crippen molar-refractivity contribution in [3.8, 4) is 0 Å². The minimum atomic E-state index is -3.81. The number of benzene rings is 1. The van der Waals surface area contributed by atoms with Gasteiger partial charge in [0.2, 0.25) is 20.0 Å². The predicted octanol–water partition coefficient (Wildman–Crippen LogP) is 0.901. The lowest BCUT2D eigenvalue weighted by molar-refractivity contribution is -0.149. The van der Waals surface area contributed by atoms with E-state index in [1.807, 2.05) is 0 Å². The molecule has 1 fully saturated rings. The third-order valence-corrected chi connectivity index (χ3v) is 7.95.